The van der Waals surface area contributed by atoms with Crippen LogP contribution < -0.4 is 5.32 Å². The van der Waals surface area contributed by atoms with Gasteiger partial charge in [-0.2, -0.15) is 0 Å². The van der Waals surface area contributed by atoms with Crippen molar-refractivity contribution in [1.29, 1.82) is 0 Å². The normalized spacial score (nSPS) is 14.2. The number of fused-ring (bicyclic) bond motifs is 1. The number of nitrogens with one attached hydrogen (secondary N) is 1. The highest BCUT2D eigenvalue weighted by atomic mass is 16.2. The Labute approximate surface area is 125 Å². The van der Waals surface area contributed by atoms with E-state index in [-0.39, 0.29) is 5.91 Å². The third-order valence-corrected chi connectivity index (χ3v) is 3.92. The van der Waals surface area contributed by atoms with E-state index in [1.54, 1.807) is 0 Å². The number of pyridine rings is 1. The van der Waals surface area contributed by atoms with Crippen LogP contribution in [0.2, 0.25) is 0 Å². The van der Waals surface area contributed by atoms with Gasteiger partial charge in [0.1, 0.15) is 5.69 Å². The Balaban J connectivity index is 2.01. The molecule has 1 fully saturated rings. The van der Waals surface area contributed by atoms with Gasteiger partial charge in [-0.15, -0.1) is 0 Å². The number of carbonyl (C=O) groups excluding carboxylic acids is 1. The van der Waals surface area contributed by atoms with E-state index < -0.39 is 0 Å². The summed E-state index contributed by atoms with van der Waals surface area (Å²) in [6.07, 6.45) is 3.23. The fourth-order valence-electron chi connectivity index (χ4n) is 2.72. The van der Waals surface area contributed by atoms with Crippen LogP contribution in [0.4, 0.5) is 5.69 Å². The van der Waals surface area contributed by atoms with E-state index in [9.17, 15) is 4.79 Å². The van der Waals surface area contributed by atoms with Gasteiger partial charge in [0.2, 0.25) is 0 Å². The summed E-state index contributed by atoms with van der Waals surface area (Å²) in [4.78, 5) is 19.3. The van der Waals surface area contributed by atoms with Crippen LogP contribution in [-0.4, -0.2) is 35.4 Å². The number of hydrogen-bond donors (Lipinski definition) is 1. The zero-order valence-corrected chi connectivity index (χ0v) is 12.6. The molecule has 0 spiro atoms. The summed E-state index contributed by atoms with van der Waals surface area (Å²) < 4.78 is 0. The van der Waals surface area contributed by atoms with Crippen molar-refractivity contribution < 1.29 is 4.79 Å². The second-order valence-electron chi connectivity index (χ2n) is 5.55. The largest absolute Gasteiger partial charge is 0.388 e. The zero-order valence-electron chi connectivity index (χ0n) is 12.6. The lowest BCUT2D eigenvalue weighted by atomic mass is 10.1. The molecule has 0 atom stereocenters. The third kappa shape index (κ3) is 2.71. The first kappa shape index (κ1) is 13.9. The van der Waals surface area contributed by atoms with E-state index >= 15 is 0 Å². The summed E-state index contributed by atoms with van der Waals surface area (Å²) in [7, 11) is 1.88. The van der Waals surface area contributed by atoms with Gasteiger partial charge in [0.15, 0.2) is 0 Å². The van der Waals surface area contributed by atoms with Gasteiger partial charge in [0.05, 0.1) is 5.52 Å². The molecule has 0 unspecified atom stereocenters. The van der Waals surface area contributed by atoms with Gasteiger partial charge < -0.3 is 10.2 Å². The van der Waals surface area contributed by atoms with Crippen molar-refractivity contribution in [3.8, 4) is 0 Å². The Morgan fingerprint density at radius 1 is 1.38 bits per heavy atom. The Bertz CT molecular complexity index is 664. The number of anilines is 1. The number of carbonyl (C=O) groups is 1. The van der Waals surface area contributed by atoms with Crippen molar-refractivity contribution >= 4 is 22.5 Å². The molecule has 1 saturated carbocycles. The van der Waals surface area contributed by atoms with Crippen molar-refractivity contribution in [2.24, 2.45) is 0 Å². The molecule has 1 aromatic heterocycles. The molecular weight excluding hydrogens is 262 g/mol. The number of aromatic nitrogens is 1. The predicted molar refractivity (Wildman–Crippen MR) is 85.6 cm³/mol. The molecule has 1 aromatic carbocycles. The van der Waals surface area contributed by atoms with Crippen LogP contribution in [0, 0.1) is 0 Å². The maximum absolute atomic E-state index is 12.8. The molecule has 0 saturated heterocycles. The fourth-order valence-corrected chi connectivity index (χ4v) is 2.72. The highest BCUT2D eigenvalue weighted by molar-refractivity contribution is 5.99. The molecule has 1 aliphatic carbocycles. The lowest BCUT2D eigenvalue weighted by Crippen LogP contribution is -2.34. The summed E-state index contributed by atoms with van der Waals surface area (Å²) in [5, 5.41) is 4.22. The standard InChI is InChI=1S/C17H21N3O/c1-3-10-20(12-8-9-12)17(21)16-11-15(18-2)13-6-4-5-7-14(13)19-16/h4-7,11-12H,3,8-10H2,1-2H3,(H,18,19). The van der Waals surface area contributed by atoms with Crippen LogP contribution in [0.3, 0.4) is 0 Å². The minimum atomic E-state index is 0.0570. The van der Waals surface area contributed by atoms with Crippen LogP contribution in [-0.2, 0) is 0 Å². The first-order chi connectivity index (χ1) is 10.2. The smallest absolute Gasteiger partial charge is 0.272 e. The average Bonchev–Trinajstić information content (AvgIpc) is 3.35. The van der Waals surface area contributed by atoms with Gasteiger partial charge in [-0.3, -0.25) is 4.79 Å². The average molecular weight is 283 g/mol. The first-order valence-corrected chi connectivity index (χ1v) is 7.63. The molecule has 2 aromatic rings. The van der Waals surface area contributed by atoms with E-state index in [0.717, 1.165) is 42.4 Å². The second kappa shape index (κ2) is 5.72. The Kier molecular flexibility index (Phi) is 3.78. The highest BCUT2D eigenvalue weighted by Gasteiger charge is 2.33. The van der Waals surface area contributed by atoms with E-state index in [4.69, 9.17) is 0 Å². The zero-order chi connectivity index (χ0) is 14.8. The maximum Gasteiger partial charge on any atom is 0.272 e. The molecule has 110 valence electrons. The quantitative estimate of drug-likeness (QED) is 0.916. The molecule has 1 heterocycles. The lowest BCUT2D eigenvalue weighted by Gasteiger charge is -2.21. The fraction of sp³-hybridized carbons (Fsp3) is 0.412. The second-order valence-corrected chi connectivity index (χ2v) is 5.55. The van der Waals surface area contributed by atoms with Crippen molar-refractivity contribution in [2.45, 2.75) is 32.2 Å². The molecule has 0 bridgehead atoms. The number of nitrogens with zero attached hydrogens (tertiary/aromatic N) is 2. The molecule has 1 aliphatic rings. The van der Waals surface area contributed by atoms with Gasteiger partial charge in [-0.1, -0.05) is 25.1 Å². The van der Waals surface area contributed by atoms with Crippen molar-refractivity contribution in [3.05, 3.63) is 36.0 Å². The molecule has 1 amide bonds. The van der Waals surface area contributed by atoms with Crippen LogP contribution >= 0.6 is 0 Å². The van der Waals surface area contributed by atoms with Crippen molar-refractivity contribution in [2.75, 3.05) is 18.9 Å². The molecule has 1 N–H and O–H groups in total. The molecule has 3 rings (SSSR count). The molecule has 21 heavy (non-hydrogen) atoms. The first-order valence-electron chi connectivity index (χ1n) is 7.63. The van der Waals surface area contributed by atoms with E-state index in [1.165, 1.54) is 0 Å². The van der Waals surface area contributed by atoms with Crippen molar-refractivity contribution in [3.63, 3.8) is 0 Å². The van der Waals surface area contributed by atoms with Crippen LogP contribution in [0.15, 0.2) is 30.3 Å². The van der Waals surface area contributed by atoms with Crippen molar-refractivity contribution in [1.82, 2.24) is 9.88 Å². The SMILES string of the molecule is CCCN(C(=O)c1cc(NC)c2ccccc2n1)C1CC1. The molecule has 0 aliphatic heterocycles. The summed E-state index contributed by atoms with van der Waals surface area (Å²) in [5.41, 5.74) is 2.36. The Hall–Kier alpha value is -2.10. The number of rotatable bonds is 5. The number of amides is 1. The minimum Gasteiger partial charge on any atom is -0.388 e. The van der Waals surface area contributed by atoms with Gasteiger partial charge in [-0.25, -0.2) is 4.98 Å². The van der Waals surface area contributed by atoms with Crippen LogP contribution in [0.1, 0.15) is 36.7 Å². The third-order valence-electron chi connectivity index (χ3n) is 3.92. The van der Waals surface area contributed by atoms with Gasteiger partial charge in [-0.05, 0) is 31.4 Å². The summed E-state index contributed by atoms with van der Waals surface area (Å²) in [5.74, 6) is 0.0570. The van der Waals surface area contributed by atoms with E-state index in [2.05, 4.69) is 17.2 Å². The predicted octanol–water partition coefficient (Wildman–Crippen LogP) is 3.29. The van der Waals surface area contributed by atoms with Gasteiger partial charge in [0, 0.05) is 30.7 Å². The molecular formula is C17H21N3O. The lowest BCUT2D eigenvalue weighted by molar-refractivity contribution is 0.0737. The van der Waals surface area contributed by atoms with Gasteiger partial charge in [0.25, 0.3) is 5.91 Å². The van der Waals surface area contributed by atoms with E-state index in [1.807, 2.05) is 42.3 Å². The van der Waals surface area contributed by atoms with Gasteiger partial charge >= 0.3 is 0 Å². The Morgan fingerprint density at radius 2 is 2.14 bits per heavy atom. The topological polar surface area (TPSA) is 45.2 Å². The Morgan fingerprint density at radius 3 is 2.81 bits per heavy atom. The summed E-state index contributed by atoms with van der Waals surface area (Å²) >= 11 is 0. The van der Waals surface area contributed by atoms with Crippen LogP contribution in [0.25, 0.3) is 10.9 Å². The molecule has 0 radical (unpaired) electrons. The maximum atomic E-state index is 12.8. The van der Waals surface area contributed by atoms with E-state index in [0.29, 0.717) is 11.7 Å². The minimum absolute atomic E-state index is 0.0570. The monoisotopic (exact) mass is 283 g/mol. The number of hydrogen-bond acceptors (Lipinski definition) is 3. The summed E-state index contributed by atoms with van der Waals surface area (Å²) in [6, 6.07) is 10.2. The molecule has 4 heteroatoms. The summed E-state index contributed by atoms with van der Waals surface area (Å²) in [6.45, 7) is 2.92. The molecule has 4 nitrogen and oxygen atoms in total. The van der Waals surface area contributed by atoms with Crippen LogP contribution in [0.5, 0.6) is 0 Å². The number of benzene rings is 1. The highest BCUT2D eigenvalue weighted by Crippen LogP contribution is 2.29. The number of para-hydroxylation sites is 1.